The third-order valence-corrected chi connectivity index (χ3v) is 2.64. The van der Waals surface area contributed by atoms with Crippen molar-refractivity contribution in [3.8, 4) is 0 Å². The second-order valence-electron chi connectivity index (χ2n) is 3.91. The van der Waals surface area contributed by atoms with Gasteiger partial charge in [0, 0.05) is 7.05 Å². The van der Waals surface area contributed by atoms with Crippen molar-refractivity contribution in [1.29, 1.82) is 0 Å². The Labute approximate surface area is 104 Å². The van der Waals surface area contributed by atoms with Gasteiger partial charge < -0.3 is 10.6 Å². The van der Waals surface area contributed by atoms with Crippen LogP contribution in [0.5, 0.6) is 0 Å². The first-order valence-electron chi connectivity index (χ1n) is 5.55. The maximum absolute atomic E-state index is 12.1. The number of nitrogens with one attached hydrogen (secondary N) is 2. The van der Waals surface area contributed by atoms with Gasteiger partial charge in [-0.15, -0.1) is 0 Å². The second kappa shape index (κ2) is 4.86. The lowest BCUT2D eigenvalue weighted by molar-refractivity contribution is 0.0777. The number of carbonyl (C=O) groups excluding carboxylic acids is 1. The van der Waals surface area contributed by atoms with Crippen molar-refractivity contribution in [3.63, 3.8) is 0 Å². The zero-order valence-corrected chi connectivity index (χ0v) is 10.3. The first kappa shape index (κ1) is 12.1. The van der Waals surface area contributed by atoms with Gasteiger partial charge in [-0.2, -0.15) is 10.2 Å². The minimum absolute atomic E-state index is 0.244. The molecule has 0 aliphatic rings. The van der Waals surface area contributed by atoms with Crippen LogP contribution in [-0.2, 0) is 13.0 Å². The summed E-state index contributed by atoms with van der Waals surface area (Å²) in [5, 5.41) is 13.1. The number of nitrogens with zero attached hydrogens (tertiary/aromatic N) is 4. The predicted molar refractivity (Wildman–Crippen MR) is 64.6 cm³/mol. The first-order valence-corrected chi connectivity index (χ1v) is 5.55. The molecule has 0 aliphatic heterocycles. The van der Waals surface area contributed by atoms with Crippen LogP contribution < -0.4 is 5.73 Å². The topological polar surface area (TPSA) is 117 Å². The standard InChI is InChI=1S/C10H15N7O/c1-3-6-8(11)9(16-14-6)10(18)17(2)4-7-12-5-13-15-7/h5H,3-4,11H2,1-2H3,(H,14,16)(H,12,13,15). The molecule has 0 bridgehead atoms. The van der Waals surface area contributed by atoms with E-state index in [1.54, 1.807) is 7.05 Å². The SMILES string of the molecule is CCc1[nH]nc(C(=O)N(C)Cc2ncn[nH]2)c1N. The van der Waals surface area contributed by atoms with Crippen molar-refractivity contribution in [1.82, 2.24) is 30.3 Å². The summed E-state index contributed by atoms with van der Waals surface area (Å²) in [4.78, 5) is 17.6. The number of aryl methyl sites for hydroxylation is 1. The van der Waals surface area contributed by atoms with Crippen molar-refractivity contribution in [2.45, 2.75) is 19.9 Å². The lowest BCUT2D eigenvalue weighted by Gasteiger charge is -2.14. The van der Waals surface area contributed by atoms with Crippen LogP contribution in [0.4, 0.5) is 5.69 Å². The summed E-state index contributed by atoms with van der Waals surface area (Å²) in [7, 11) is 1.66. The van der Waals surface area contributed by atoms with Gasteiger partial charge in [0.15, 0.2) is 5.69 Å². The van der Waals surface area contributed by atoms with Crippen LogP contribution in [0.1, 0.15) is 28.9 Å². The van der Waals surface area contributed by atoms with E-state index in [2.05, 4.69) is 25.4 Å². The number of rotatable bonds is 4. The molecule has 2 aromatic rings. The zero-order valence-electron chi connectivity index (χ0n) is 10.3. The number of hydrogen-bond donors (Lipinski definition) is 3. The number of amides is 1. The third kappa shape index (κ3) is 2.17. The lowest BCUT2D eigenvalue weighted by atomic mass is 10.2. The van der Waals surface area contributed by atoms with Gasteiger partial charge in [-0.25, -0.2) is 4.98 Å². The Balaban J connectivity index is 2.13. The Bertz CT molecular complexity index is 530. The second-order valence-corrected chi connectivity index (χ2v) is 3.91. The van der Waals surface area contributed by atoms with Crippen LogP contribution in [-0.4, -0.2) is 43.2 Å². The smallest absolute Gasteiger partial charge is 0.276 e. The Kier molecular flexibility index (Phi) is 3.26. The highest BCUT2D eigenvalue weighted by Crippen LogP contribution is 2.16. The fourth-order valence-corrected chi connectivity index (χ4v) is 1.60. The van der Waals surface area contributed by atoms with Crippen LogP contribution >= 0.6 is 0 Å². The van der Waals surface area contributed by atoms with Gasteiger partial charge in [0.25, 0.3) is 5.91 Å². The summed E-state index contributed by atoms with van der Waals surface area (Å²) < 4.78 is 0. The van der Waals surface area contributed by atoms with Gasteiger partial charge in [-0.05, 0) is 6.42 Å². The van der Waals surface area contributed by atoms with Crippen LogP contribution in [0.15, 0.2) is 6.33 Å². The molecule has 0 unspecified atom stereocenters. The fraction of sp³-hybridized carbons (Fsp3) is 0.400. The third-order valence-electron chi connectivity index (χ3n) is 2.64. The molecule has 0 saturated heterocycles. The summed E-state index contributed by atoms with van der Waals surface area (Å²) >= 11 is 0. The molecule has 96 valence electrons. The summed E-state index contributed by atoms with van der Waals surface area (Å²) in [6.07, 6.45) is 2.10. The van der Waals surface area contributed by atoms with E-state index in [1.807, 2.05) is 6.92 Å². The molecular formula is C10H15N7O. The molecule has 2 heterocycles. The Morgan fingerprint density at radius 2 is 2.28 bits per heavy atom. The molecule has 0 saturated carbocycles. The molecule has 1 amide bonds. The maximum atomic E-state index is 12.1. The average molecular weight is 249 g/mol. The molecule has 2 rings (SSSR count). The van der Waals surface area contributed by atoms with Crippen molar-refractivity contribution in [3.05, 3.63) is 23.5 Å². The van der Waals surface area contributed by atoms with E-state index in [0.717, 1.165) is 5.69 Å². The molecule has 0 radical (unpaired) electrons. The number of aromatic nitrogens is 5. The summed E-state index contributed by atoms with van der Waals surface area (Å²) in [6, 6.07) is 0. The highest BCUT2D eigenvalue weighted by molar-refractivity contribution is 5.97. The Hall–Kier alpha value is -2.38. The van der Waals surface area contributed by atoms with Gasteiger partial charge in [0.2, 0.25) is 0 Å². The predicted octanol–water partition coefficient (Wildman–Crippen LogP) is -0.0554. The molecule has 0 atom stereocenters. The summed E-state index contributed by atoms with van der Waals surface area (Å²) in [5.41, 5.74) is 7.27. The summed E-state index contributed by atoms with van der Waals surface area (Å²) in [6.45, 7) is 2.27. The van der Waals surface area contributed by atoms with Crippen LogP contribution in [0.2, 0.25) is 0 Å². The number of H-pyrrole nitrogens is 2. The van der Waals surface area contributed by atoms with E-state index in [1.165, 1.54) is 11.2 Å². The van der Waals surface area contributed by atoms with Crippen molar-refractivity contribution in [2.24, 2.45) is 0 Å². The molecule has 0 aromatic carbocycles. The van der Waals surface area contributed by atoms with Gasteiger partial charge in [-0.1, -0.05) is 6.92 Å². The number of nitrogens with two attached hydrogens (primary N) is 1. The fourth-order valence-electron chi connectivity index (χ4n) is 1.60. The van der Waals surface area contributed by atoms with Crippen LogP contribution in [0.25, 0.3) is 0 Å². The average Bonchev–Trinajstić information content (AvgIpc) is 2.97. The zero-order chi connectivity index (χ0) is 13.1. The lowest BCUT2D eigenvalue weighted by Crippen LogP contribution is -2.27. The van der Waals surface area contributed by atoms with Crippen LogP contribution in [0, 0.1) is 0 Å². The van der Waals surface area contributed by atoms with E-state index in [-0.39, 0.29) is 11.6 Å². The Morgan fingerprint density at radius 3 is 2.83 bits per heavy atom. The van der Waals surface area contributed by atoms with Gasteiger partial charge in [0.05, 0.1) is 17.9 Å². The molecule has 0 fully saturated rings. The molecule has 0 aliphatic carbocycles. The quantitative estimate of drug-likeness (QED) is 0.702. The van der Waals surface area contributed by atoms with Crippen LogP contribution in [0.3, 0.4) is 0 Å². The molecule has 2 aromatic heterocycles. The normalized spacial score (nSPS) is 10.6. The summed E-state index contributed by atoms with van der Waals surface area (Å²) in [5.74, 6) is 0.357. The van der Waals surface area contributed by atoms with Crippen molar-refractivity contribution >= 4 is 11.6 Å². The number of carbonyl (C=O) groups is 1. The number of hydrogen-bond acceptors (Lipinski definition) is 5. The van der Waals surface area contributed by atoms with E-state index in [4.69, 9.17) is 5.73 Å². The van der Waals surface area contributed by atoms with Gasteiger partial charge in [-0.3, -0.25) is 15.0 Å². The maximum Gasteiger partial charge on any atom is 0.276 e. The van der Waals surface area contributed by atoms with E-state index in [0.29, 0.717) is 24.5 Å². The van der Waals surface area contributed by atoms with Gasteiger partial charge >= 0.3 is 0 Å². The van der Waals surface area contributed by atoms with Crippen molar-refractivity contribution in [2.75, 3.05) is 12.8 Å². The minimum Gasteiger partial charge on any atom is -0.395 e. The Morgan fingerprint density at radius 1 is 1.50 bits per heavy atom. The highest BCUT2D eigenvalue weighted by Gasteiger charge is 2.20. The number of aromatic amines is 2. The highest BCUT2D eigenvalue weighted by atomic mass is 16.2. The molecule has 8 nitrogen and oxygen atoms in total. The number of nitrogen functional groups attached to an aromatic ring is 1. The molecule has 8 heteroatoms. The largest absolute Gasteiger partial charge is 0.395 e. The minimum atomic E-state index is -0.250. The molecule has 0 spiro atoms. The monoisotopic (exact) mass is 249 g/mol. The van der Waals surface area contributed by atoms with E-state index < -0.39 is 0 Å². The van der Waals surface area contributed by atoms with Crippen molar-refractivity contribution < 1.29 is 4.79 Å². The van der Waals surface area contributed by atoms with E-state index >= 15 is 0 Å². The molecule has 18 heavy (non-hydrogen) atoms. The molecular weight excluding hydrogens is 234 g/mol. The number of anilines is 1. The molecule has 4 N–H and O–H groups in total. The van der Waals surface area contributed by atoms with E-state index in [9.17, 15) is 4.79 Å². The first-order chi connectivity index (χ1) is 8.63. The van der Waals surface area contributed by atoms with Gasteiger partial charge in [0.1, 0.15) is 12.2 Å².